The molecule has 0 saturated carbocycles. The first-order chi connectivity index (χ1) is 7.42. The average Bonchev–Trinajstić information content (AvgIpc) is 2.72. The van der Waals surface area contributed by atoms with Gasteiger partial charge in [-0.3, -0.25) is 0 Å². The molecule has 6 heteroatoms. The summed E-state index contributed by atoms with van der Waals surface area (Å²) in [6, 6.07) is 1.96. The van der Waals surface area contributed by atoms with Crippen LogP contribution in [0.4, 0.5) is 5.82 Å². The summed E-state index contributed by atoms with van der Waals surface area (Å²) in [6.45, 7) is 1.90. The van der Waals surface area contributed by atoms with Gasteiger partial charge in [-0.1, -0.05) is 0 Å². The number of hydrogen-bond donors (Lipinski definition) is 0. The van der Waals surface area contributed by atoms with Gasteiger partial charge < -0.3 is 9.64 Å². The largest absolute Gasteiger partial charge is 0.366 e. The van der Waals surface area contributed by atoms with E-state index in [-0.39, 0.29) is 0 Å². The SMILES string of the molecule is c1cc(N2CC3OC3C2)n2ncnc2n1. The number of hydrogen-bond acceptors (Lipinski definition) is 5. The molecule has 2 aliphatic rings. The van der Waals surface area contributed by atoms with E-state index in [1.165, 1.54) is 6.33 Å². The fourth-order valence-electron chi connectivity index (χ4n) is 2.16. The number of rotatable bonds is 1. The van der Waals surface area contributed by atoms with E-state index in [0.29, 0.717) is 18.0 Å². The van der Waals surface area contributed by atoms with Crippen molar-refractivity contribution in [1.82, 2.24) is 19.6 Å². The maximum absolute atomic E-state index is 5.40. The Balaban J connectivity index is 1.82. The summed E-state index contributed by atoms with van der Waals surface area (Å²) in [4.78, 5) is 10.5. The van der Waals surface area contributed by atoms with Crippen molar-refractivity contribution in [3.8, 4) is 0 Å². The summed E-state index contributed by atoms with van der Waals surface area (Å²) in [7, 11) is 0. The highest BCUT2D eigenvalue weighted by Crippen LogP contribution is 2.33. The van der Waals surface area contributed by atoms with E-state index in [1.807, 2.05) is 6.07 Å². The first-order valence-corrected chi connectivity index (χ1v) is 4.97. The maximum atomic E-state index is 5.40. The quantitative estimate of drug-likeness (QED) is 0.596. The molecule has 4 rings (SSSR count). The van der Waals surface area contributed by atoms with Gasteiger partial charge in [0.25, 0.3) is 5.78 Å². The highest BCUT2D eigenvalue weighted by molar-refractivity contribution is 5.47. The van der Waals surface area contributed by atoms with E-state index >= 15 is 0 Å². The van der Waals surface area contributed by atoms with Crippen molar-refractivity contribution in [1.29, 1.82) is 0 Å². The topological polar surface area (TPSA) is 58.9 Å². The lowest BCUT2D eigenvalue weighted by Crippen LogP contribution is -2.26. The third-order valence-electron chi connectivity index (χ3n) is 2.97. The Kier molecular flexibility index (Phi) is 1.24. The number of fused-ring (bicyclic) bond motifs is 2. The van der Waals surface area contributed by atoms with E-state index in [4.69, 9.17) is 4.74 Å². The molecule has 0 aromatic carbocycles. The molecule has 0 aliphatic carbocycles. The Hall–Kier alpha value is -1.69. The third-order valence-corrected chi connectivity index (χ3v) is 2.97. The van der Waals surface area contributed by atoms with Crippen LogP contribution in [0.2, 0.25) is 0 Å². The minimum atomic E-state index is 0.428. The summed E-state index contributed by atoms with van der Waals surface area (Å²) >= 11 is 0. The van der Waals surface area contributed by atoms with Crippen molar-refractivity contribution in [2.24, 2.45) is 0 Å². The van der Waals surface area contributed by atoms with E-state index in [2.05, 4.69) is 20.0 Å². The van der Waals surface area contributed by atoms with Gasteiger partial charge >= 0.3 is 0 Å². The zero-order chi connectivity index (χ0) is 9.83. The molecule has 0 radical (unpaired) electrons. The van der Waals surface area contributed by atoms with E-state index < -0.39 is 0 Å². The predicted molar refractivity (Wildman–Crippen MR) is 51.7 cm³/mol. The van der Waals surface area contributed by atoms with Crippen LogP contribution in [0.3, 0.4) is 0 Å². The van der Waals surface area contributed by atoms with Gasteiger partial charge in [0.05, 0.1) is 0 Å². The van der Waals surface area contributed by atoms with Crippen LogP contribution in [0.5, 0.6) is 0 Å². The molecule has 0 spiro atoms. The number of ether oxygens (including phenoxy) is 1. The van der Waals surface area contributed by atoms with Crippen molar-refractivity contribution in [2.75, 3.05) is 18.0 Å². The molecule has 2 unspecified atom stereocenters. The van der Waals surface area contributed by atoms with Gasteiger partial charge in [0.1, 0.15) is 24.4 Å². The maximum Gasteiger partial charge on any atom is 0.254 e. The zero-order valence-corrected chi connectivity index (χ0v) is 7.95. The highest BCUT2D eigenvalue weighted by atomic mass is 16.6. The first-order valence-electron chi connectivity index (χ1n) is 4.97. The summed E-state index contributed by atoms with van der Waals surface area (Å²) < 4.78 is 7.16. The van der Waals surface area contributed by atoms with Crippen molar-refractivity contribution < 1.29 is 4.74 Å². The number of epoxide rings is 1. The van der Waals surface area contributed by atoms with Crippen molar-refractivity contribution in [2.45, 2.75) is 12.2 Å². The van der Waals surface area contributed by atoms with Gasteiger partial charge in [-0.15, -0.1) is 0 Å². The molecule has 2 saturated heterocycles. The molecule has 0 amide bonds. The number of anilines is 1. The van der Waals surface area contributed by atoms with Gasteiger partial charge in [-0.25, -0.2) is 4.98 Å². The Morgan fingerprint density at radius 1 is 1.27 bits per heavy atom. The lowest BCUT2D eigenvalue weighted by atomic mass is 10.4. The first kappa shape index (κ1) is 7.58. The second-order valence-corrected chi connectivity index (χ2v) is 3.89. The van der Waals surface area contributed by atoms with E-state index in [1.54, 1.807) is 10.7 Å². The third kappa shape index (κ3) is 0.992. The number of aromatic nitrogens is 4. The predicted octanol–water partition coefficient (Wildman–Crippen LogP) is -0.288. The van der Waals surface area contributed by atoms with Crippen molar-refractivity contribution in [3.05, 3.63) is 18.6 Å². The number of nitrogens with zero attached hydrogens (tertiary/aromatic N) is 5. The summed E-state index contributed by atoms with van der Waals surface area (Å²) in [5.74, 6) is 1.70. The Labute approximate surface area is 85.5 Å². The Bertz CT molecular complexity index is 514. The van der Waals surface area contributed by atoms with Crippen LogP contribution in [0.1, 0.15) is 0 Å². The standard InChI is InChI=1S/C9H9N5O/c1-2-10-9-11-5-12-14(9)8(1)13-3-6-7(4-13)15-6/h1-2,5-7H,3-4H2. The monoisotopic (exact) mass is 203 g/mol. The van der Waals surface area contributed by atoms with Crippen LogP contribution in [0, 0.1) is 0 Å². The molecule has 0 N–H and O–H groups in total. The van der Waals surface area contributed by atoms with Crippen molar-refractivity contribution >= 4 is 11.6 Å². The van der Waals surface area contributed by atoms with Crippen LogP contribution in [-0.4, -0.2) is 44.9 Å². The molecule has 2 aromatic heterocycles. The fourth-order valence-corrected chi connectivity index (χ4v) is 2.16. The molecular weight excluding hydrogens is 194 g/mol. The lowest BCUT2D eigenvalue weighted by Gasteiger charge is -2.19. The second-order valence-electron chi connectivity index (χ2n) is 3.89. The molecule has 2 atom stereocenters. The summed E-state index contributed by atoms with van der Waals surface area (Å²) in [5.41, 5.74) is 0. The van der Waals surface area contributed by atoms with Gasteiger partial charge in [0.15, 0.2) is 0 Å². The molecule has 2 fully saturated rings. The lowest BCUT2D eigenvalue weighted by molar-refractivity contribution is 0.346. The van der Waals surface area contributed by atoms with Crippen molar-refractivity contribution in [3.63, 3.8) is 0 Å². The molecule has 6 nitrogen and oxygen atoms in total. The molecule has 15 heavy (non-hydrogen) atoms. The number of morpholine rings is 1. The minimum absolute atomic E-state index is 0.428. The minimum Gasteiger partial charge on any atom is -0.366 e. The van der Waals surface area contributed by atoms with Gasteiger partial charge in [0, 0.05) is 19.3 Å². The van der Waals surface area contributed by atoms with Crippen LogP contribution in [0.25, 0.3) is 5.78 Å². The average molecular weight is 203 g/mol. The molecule has 4 heterocycles. The van der Waals surface area contributed by atoms with E-state index in [0.717, 1.165) is 18.9 Å². The Morgan fingerprint density at radius 2 is 2.13 bits per heavy atom. The molecular formula is C9H9N5O. The van der Waals surface area contributed by atoms with E-state index in [9.17, 15) is 0 Å². The summed E-state index contributed by atoms with van der Waals surface area (Å²) in [6.07, 6.45) is 4.15. The smallest absolute Gasteiger partial charge is 0.254 e. The normalized spacial score (nSPS) is 28.4. The Morgan fingerprint density at radius 3 is 3.00 bits per heavy atom. The van der Waals surface area contributed by atoms with Crippen LogP contribution in [-0.2, 0) is 4.74 Å². The van der Waals surface area contributed by atoms with Crippen LogP contribution < -0.4 is 4.90 Å². The molecule has 2 aliphatic heterocycles. The van der Waals surface area contributed by atoms with Gasteiger partial charge in [-0.05, 0) is 6.07 Å². The fraction of sp³-hybridized carbons (Fsp3) is 0.444. The highest BCUT2D eigenvalue weighted by Gasteiger charge is 2.47. The van der Waals surface area contributed by atoms with Crippen LogP contribution >= 0.6 is 0 Å². The zero-order valence-electron chi connectivity index (χ0n) is 7.95. The van der Waals surface area contributed by atoms with Gasteiger partial charge in [0.2, 0.25) is 0 Å². The molecule has 2 aromatic rings. The molecule has 0 bridgehead atoms. The molecule has 76 valence electrons. The second kappa shape index (κ2) is 2.46. The van der Waals surface area contributed by atoms with Crippen LogP contribution in [0.15, 0.2) is 18.6 Å². The van der Waals surface area contributed by atoms with Gasteiger partial charge in [-0.2, -0.15) is 14.6 Å². The summed E-state index contributed by atoms with van der Waals surface area (Å²) in [5, 5.41) is 4.16.